The van der Waals surface area contributed by atoms with Crippen molar-refractivity contribution < 1.29 is 12.8 Å². The highest BCUT2D eigenvalue weighted by Crippen LogP contribution is 2.15. The minimum absolute atomic E-state index is 0.0591. The predicted molar refractivity (Wildman–Crippen MR) is 66.8 cm³/mol. The molecule has 0 radical (unpaired) electrons. The summed E-state index contributed by atoms with van der Waals surface area (Å²) in [6, 6.07) is 4.01. The van der Waals surface area contributed by atoms with Gasteiger partial charge in [0, 0.05) is 32.0 Å². The van der Waals surface area contributed by atoms with E-state index < -0.39 is 15.8 Å². The van der Waals surface area contributed by atoms with Crippen molar-refractivity contribution in [3.05, 3.63) is 24.0 Å². The third-order valence-electron chi connectivity index (χ3n) is 2.17. The molecular formula is C10H16FN3O2S. The lowest BCUT2D eigenvalue weighted by molar-refractivity contribution is 0.521. The van der Waals surface area contributed by atoms with Crippen LogP contribution in [0, 0.1) is 5.82 Å². The maximum atomic E-state index is 13.0. The fourth-order valence-electron chi connectivity index (χ4n) is 1.22. The number of benzene rings is 1. The van der Waals surface area contributed by atoms with E-state index in [1.54, 1.807) is 6.07 Å². The molecule has 0 fully saturated rings. The molecule has 0 bridgehead atoms. The topological polar surface area (TPSA) is 75.4 Å². The molecule has 0 aromatic heterocycles. The molecule has 0 aliphatic rings. The molecule has 1 rings (SSSR count). The van der Waals surface area contributed by atoms with Crippen molar-refractivity contribution in [3.8, 4) is 0 Å². The van der Waals surface area contributed by atoms with Crippen LogP contribution in [0.25, 0.3) is 0 Å². The average Bonchev–Trinajstić information content (AvgIpc) is 2.15. The maximum Gasteiger partial charge on any atom is 0.215 e. The standard InChI is InChI=1S/C10H16FN3O2S/c1-14(2)17(15,16)4-3-13-10-6-8(11)5-9(12)7-10/h5-7,13H,3-4,12H2,1-2H3. The summed E-state index contributed by atoms with van der Waals surface area (Å²) < 4.78 is 37.0. The van der Waals surface area contributed by atoms with Gasteiger partial charge in [0.2, 0.25) is 10.0 Å². The Morgan fingerprint density at radius 1 is 1.35 bits per heavy atom. The van der Waals surface area contributed by atoms with E-state index in [0.29, 0.717) is 11.4 Å². The summed E-state index contributed by atoms with van der Waals surface area (Å²) in [7, 11) is -0.307. The first-order valence-corrected chi connectivity index (χ1v) is 6.62. The quantitative estimate of drug-likeness (QED) is 0.765. The summed E-state index contributed by atoms with van der Waals surface area (Å²) in [5.74, 6) is -0.515. The number of sulfonamides is 1. The molecule has 7 heteroatoms. The first kappa shape index (κ1) is 13.7. The molecule has 96 valence electrons. The monoisotopic (exact) mass is 261 g/mol. The van der Waals surface area contributed by atoms with E-state index in [-0.39, 0.29) is 12.3 Å². The molecule has 5 nitrogen and oxygen atoms in total. The smallest absolute Gasteiger partial charge is 0.215 e. The first-order chi connectivity index (χ1) is 7.81. The second-order valence-electron chi connectivity index (χ2n) is 3.80. The number of nitrogens with one attached hydrogen (secondary N) is 1. The summed E-state index contributed by atoms with van der Waals surface area (Å²) >= 11 is 0. The van der Waals surface area contributed by atoms with Crippen molar-refractivity contribution in [2.24, 2.45) is 0 Å². The number of hydrogen-bond acceptors (Lipinski definition) is 4. The number of nitrogen functional groups attached to an aromatic ring is 1. The third kappa shape index (κ3) is 4.20. The highest BCUT2D eigenvalue weighted by Gasteiger charge is 2.12. The van der Waals surface area contributed by atoms with Crippen molar-refractivity contribution in [1.29, 1.82) is 0 Å². The molecule has 0 atom stereocenters. The number of nitrogens with two attached hydrogens (primary N) is 1. The molecule has 0 unspecified atom stereocenters. The lowest BCUT2D eigenvalue weighted by Crippen LogP contribution is -2.28. The van der Waals surface area contributed by atoms with Crippen LogP contribution in [0.1, 0.15) is 0 Å². The Bertz CT molecular complexity index is 468. The van der Waals surface area contributed by atoms with E-state index in [2.05, 4.69) is 5.32 Å². The van der Waals surface area contributed by atoms with Crippen LogP contribution in [0.3, 0.4) is 0 Å². The maximum absolute atomic E-state index is 13.0. The molecule has 0 aliphatic carbocycles. The third-order valence-corrected chi connectivity index (χ3v) is 4.00. The molecule has 0 aliphatic heterocycles. The van der Waals surface area contributed by atoms with Gasteiger partial charge in [-0.15, -0.1) is 0 Å². The molecule has 0 amide bonds. The van der Waals surface area contributed by atoms with Gasteiger partial charge < -0.3 is 11.1 Å². The molecule has 0 spiro atoms. The summed E-state index contributed by atoms with van der Waals surface area (Å²) in [6.07, 6.45) is 0. The molecule has 1 aromatic rings. The average molecular weight is 261 g/mol. The number of halogens is 1. The Hall–Kier alpha value is -1.34. The largest absolute Gasteiger partial charge is 0.399 e. The minimum atomic E-state index is -3.24. The minimum Gasteiger partial charge on any atom is -0.399 e. The number of hydrogen-bond donors (Lipinski definition) is 2. The zero-order chi connectivity index (χ0) is 13.1. The number of rotatable bonds is 5. The van der Waals surface area contributed by atoms with Gasteiger partial charge in [-0.3, -0.25) is 0 Å². The summed E-state index contributed by atoms with van der Waals surface area (Å²) in [5, 5.41) is 2.81. The second-order valence-corrected chi connectivity index (χ2v) is 6.10. The molecule has 0 heterocycles. The summed E-state index contributed by atoms with van der Waals surface area (Å²) in [6.45, 7) is 0.198. The van der Waals surface area contributed by atoms with Crippen molar-refractivity contribution in [2.75, 3.05) is 37.4 Å². The predicted octanol–water partition coefficient (Wildman–Crippen LogP) is 0.711. The SMILES string of the molecule is CN(C)S(=O)(=O)CCNc1cc(N)cc(F)c1. The van der Waals surface area contributed by atoms with Gasteiger partial charge >= 0.3 is 0 Å². The zero-order valence-electron chi connectivity index (χ0n) is 9.77. The Balaban J connectivity index is 2.57. The van der Waals surface area contributed by atoms with Gasteiger partial charge in [-0.1, -0.05) is 0 Å². The van der Waals surface area contributed by atoms with Gasteiger partial charge in [-0.25, -0.2) is 17.1 Å². The molecule has 3 N–H and O–H groups in total. The Kier molecular flexibility index (Phi) is 4.30. The zero-order valence-corrected chi connectivity index (χ0v) is 10.6. The molecular weight excluding hydrogens is 245 g/mol. The van der Waals surface area contributed by atoms with Crippen LogP contribution in [-0.2, 0) is 10.0 Å². The highest BCUT2D eigenvalue weighted by atomic mass is 32.2. The van der Waals surface area contributed by atoms with Gasteiger partial charge in [0.1, 0.15) is 5.82 Å². The van der Waals surface area contributed by atoms with Crippen molar-refractivity contribution in [1.82, 2.24) is 4.31 Å². The molecule has 0 saturated heterocycles. The summed E-state index contributed by atoms with van der Waals surface area (Å²) in [5.41, 5.74) is 6.22. The van der Waals surface area contributed by atoms with Crippen LogP contribution in [0.2, 0.25) is 0 Å². The Labute approximate surface area is 100 Å². The first-order valence-electron chi connectivity index (χ1n) is 5.01. The lowest BCUT2D eigenvalue weighted by Gasteiger charge is -2.12. The van der Waals surface area contributed by atoms with Crippen LogP contribution in [0.4, 0.5) is 15.8 Å². The molecule has 17 heavy (non-hydrogen) atoms. The fraction of sp³-hybridized carbons (Fsp3) is 0.400. The second kappa shape index (κ2) is 5.33. The van der Waals surface area contributed by atoms with E-state index in [1.807, 2.05) is 0 Å². The molecule has 0 saturated carbocycles. The Morgan fingerprint density at radius 3 is 2.53 bits per heavy atom. The van der Waals surface area contributed by atoms with Crippen LogP contribution in [-0.4, -0.2) is 39.1 Å². The van der Waals surface area contributed by atoms with Crippen LogP contribution in [0.15, 0.2) is 18.2 Å². The summed E-state index contributed by atoms with van der Waals surface area (Å²) in [4.78, 5) is 0. The van der Waals surface area contributed by atoms with Crippen LogP contribution in [0.5, 0.6) is 0 Å². The Morgan fingerprint density at radius 2 is 2.00 bits per heavy atom. The van der Waals surface area contributed by atoms with Gasteiger partial charge in [-0.2, -0.15) is 0 Å². The van der Waals surface area contributed by atoms with E-state index in [0.717, 1.165) is 4.31 Å². The van der Waals surface area contributed by atoms with E-state index in [1.165, 1.54) is 26.2 Å². The van der Waals surface area contributed by atoms with Crippen molar-refractivity contribution >= 4 is 21.4 Å². The van der Waals surface area contributed by atoms with E-state index in [9.17, 15) is 12.8 Å². The van der Waals surface area contributed by atoms with Crippen molar-refractivity contribution in [3.63, 3.8) is 0 Å². The van der Waals surface area contributed by atoms with Gasteiger partial charge in [0.15, 0.2) is 0 Å². The van der Waals surface area contributed by atoms with Crippen molar-refractivity contribution in [2.45, 2.75) is 0 Å². The van der Waals surface area contributed by atoms with Gasteiger partial charge in [0.05, 0.1) is 5.75 Å². The normalized spacial score (nSPS) is 11.8. The molecule has 1 aromatic carbocycles. The van der Waals surface area contributed by atoms with Gasteiger partial charge in [0.25, 0.3) is 0 Å². The fourth-order valence-corrected chi connectivity index (χ4v) is 1.95. The van der Waals surface area contributed by atoms with E-state index in [4.69, 9.17) is 5.73 Å². The number of anilines is 2. The highest BCUT2D eigenvalue weighted by molar-refractivity contribution is 7.89. The lowest BCUT2D eigenvalue weighted by atomic mass is 10.2. The number of nitrogens with zero attached hydrogens (tertiary/aromatic N) is 1. The van der Waals surface area contributed by atoms with Crippen LogP contribution < -0.4 is 11.1 Å². The van der Waals surface area contributed by atoms with Gasteiger partial charge in [-0.05, 0) is 18.2 Å². The van der Waals surface area contributed by atoms with E-state index >= 15 is 0 Å². The van der Waals surface area contributed by atoms with Crippen LogP contribution >= 0.6 is 0 Å².